The lowest BCUT2D eigenvalue weighted by atomic mass is 9.89. The van der Waals surface area contributed by atoms with E-state index in [4.69, 9.17) is 5.26 Å². The molecule has 3 rings (SSSR count). The molecule has 0 saturated carbocycles. The molecule has 1 saturated heterocycles. The fraction of sp³-hybridized carbons (Fsp3) is 0.188. The van der Waals surface area contributed by atoms with Crippen LogP contribution in [0.4, 0.5) is 9.80 Å². The third-order valence-corrected chi connectivity index (χ3v) is 4.95. The normalized spacial score (nSPS) is 20.9. The van der Waals surface area contributed by atoms with Crippen molar-refractivity contribution in [1.82, 2.24) is 4.90 Å². The van der Waals surface area contributed by atoms with Gasteiger partial charge in [-0.3, -0.25) is 4.79 Å². The maximum absolute atomic E-state index is 13.0. The summed E-state index contributed by atoms with van der Waals surface area (Å²) < 4.78 is 0. The number of rotatable bonds is 3. The van der Waals surface area contributed by atoms with Crippen LogP contribution in [-0.2, 0) is 10.3 Å². The molecule has 23 heavy (non-hydrogen) atoms. The molecule has 116 valence electrons. The van der Waals surface area contributed by atoms with Crippen LogP contribution < -0.4 is 4.90 Å². The van der Waals surface area contributed by atoms with Gasteiger partial charge in [0.2, 0.25) is 0 Å². The van der Waals surface area contributed by atoms with Gasteiger partial charge in [0.15, 0.2) is 5.54 Å². The molecule has 1 N–H and O–H groups in total. The van der Waals surface area contributed by atoms with Crippen LogP contribution in [0.1, 0.15) is 11.1 Å². The van der Waals surface area contributed by atoms with Gasteiger partial charge in [0.1, 0.15) is 11.1 Å². The number of anilines is 1. The van der Waals surface area contributed by atoms with Gasteiger partial charge in [-0.05, 0) is 17.0 Å². The molecule has 1 atom stereocenters. The Labute approximate surface area is 136 Å². The smallest absolute Gasteiger partial charge is 0.333 e. The van der Waals surface area contributed by atoms with Crippen LogP contribution in [0, 0.1) is 11.3 Å². The maximum Gasteiger partial charge on any atom is 0.333 e. The van der Waals surface area contributed by atoms with Gasteiger partial charge in [-0.25, -0.2) is 9.69 Å². The minimum absolute atomic E-state index is 0.256. The third-order valence-electron chi connectivity index (χ3n) is 4.06. The van der Waals surface area contributed by atoms with E-state index in [0.29, 0.717) is 5.56 Å². The molecule has 0 spiro atoms. The fourth-order valence-corrected chi connectivity index (χ4v) is 3.60. The number of aliphatic hydroxyl groups excluding tert-OH is 1. The van der Waals surface area contributed by atoms with E-state index in [1.54, 1.807) is 41.8 Å². The number of imide groups is 1. The highest BCUT2D eigenvalue weighted by Gasteiger charge is 2.57. The summed E-state index contributed by atoms with van der Waals surface area (Å²) in [5, 5.41) is 21.0. The van der Waals surface area contributed by atoms with Crippen molar-refractivity contribution in [3.8, 4) is 6.07 Å². The summed E-state index contributed by atoms with van der Waals surface area (Å²) in [4.78, 5) is 27.9. The molecule has 1 aromatic carbocycles. The first kappa shape index (κ1) is 15.2. The summed E-state index contributed by atoms with van der Waals surface area (Å²) >= 11 is 1.14. The summed E-state index contributed by atoms with van der Waals surface area (Å²) in [6.45, 7) is -0.540. The fourth-order valence-electron chi connectivity index (χ4n) is 2.76. The van der Waals surface area contributed by atoms with Gasteiger partial charge in [-0.15, -0.1) is 11.3 Å². The number of thiophene rings is 1. The number of nitrogens with zero attached hydrogens (tertiary/aromatic N) is 3. The van der Waals surface area contributed by atoms with E-state index >= 15 is 0 Å². The summed E-state index contributed by atoms with van der Waals surface area (Å²) in [7, 11) is 1.48. The Morgan fingerprint density at radius 3 is 2.57 bits per heavy atom. The molecule has 2 aromatic rings. The van der Waals surface area contributed by atoms with Crippen molar-refractivity contribution in [2.24, 2.45) is 0 Å². The predicted octanol–water partition coefficient (Wildman–Crippen LogP) is 1.91. The molecule has 0 radical (unpaired) electrons. The quantitative estimate of drug-likeness (QED) is 0.873. The van der Waals surface area contributed by atoms with Gasteiger partial charge < -0.3 is 10.0 Å². The molecule has 6 nitrogen and oxygen atoms in total. The number of urea groups is 1. The Bertz CT molecular complexity index is 811. The van der Waals surface area contributed by atoms with Gasteiger partial charge in [0.05, 0.1) is 12.2 Å². The molecular formula is C16H13N3O3S. The van der Waals surface area contributed by atoms with Crippen LogP contribution in [-0.4, -0.2) is 35.6 Å². The van der Waals surface area contributed by atoms with Gasteiger partial charge in [0.25, 0.3) is 5.91 Å². The second-order valence-electron chi connectivity index (χ2n) is 5.12. The van der Waals surface area contributed by atoms with E-state index < -0.39 is 24.1 Å². The summed E-state index contributed by atoms with van der Waals surface area (Å²) in [6, 6.07) is 11.6. The van der Waals surface area contributed by atoms with Crippen molar-refractivity contribution < 1.29 is 14.7 Å². The Morgan fingerprint density at radius 1 is 1.26 bits per heavy atom. The summed E-state index contributed by atoms with van der Waals surface area (Å²) in [5.41, 5.74) is -0.692. The molecule has 1 unspecified atom stereocenters. The second kappa shape index (κ2) is 5.50. The summed E-state index contributed by atoms with van der Waals surface area (Å²) in [5.74, 6) is -0.558. The van der Waals surface area contributed by atoms with Crippen molar-refractivity contribution in [3.63, 3.8) is 0 Å². The lowest BCUT2D eigenvalue weighted by Crippen LogP contribution is -2.48. The zero-order chi connectivity index (χ0) is 16.6. The first-order valence-electron chi connectivity index (χ1n) is 6.84. The van der Waals surface area contributed by atoms with Crippen molar-refractivity contribution in [2.75, 3.05) is 18.6 Å². The molecule has 7 heteroatoms. The first-order chi connectivity index (χ1) is 11.1. The highest BCUT2D eigenvalue weighted by molar-refractivity contribution is 7.15. The molecule has 2 heterocycles. The van der Waals surface area contributed by atoms with E-state index in [0.717, 1.165) is 16.2 Å². The number of likely N-dealkylation sites (N-methyl/N-ethyl adjacent to an activating group) is 1. The minimum atomic E-state index is -1.48. The SMILES string of the molecule is CN1C(=O)N(c2sccc2C#N)C(=O)C1(CO)c1ccccc1. The van der Waals surface area contributed by atoms with Crippen molar-refractivity contribution >= 4 is 28.3 Å². The minimum Gasteiger partial charge on any atom is -0.393 e. The van der Waals surface area contributed by atoms with E-state index in [1.165, 1.54) is 11.9 Å². The van der Waals surface area contributed by atoms with Crippen LogP contribution in [0.5, 0.6) is 0 Å². The lowest BCUT2D eigenvalue weighted by Gasteiger charge is -2.30. The Balaban J connectivity index is 2.17. The number of carbonyl (C=O) groups excluding carboxylic acids is 2. The van der Waals surface area contributed by atoms with E-state index in [2.05, 4.69) is 0 Å². The molecular weight excluding hydrogens is 314 g/mol. The van der Waals surface area contributed by atoms with E-state index in [9.17, 15) is 14.7 Å². The van der Waals surface area contributed by atoms with E-state index in [-0.39, 0.29) is 10.6 Å². The number of carbonyl (C=O) groups is 2. The second-order valence-corrected chi connectivity index (χ2v) is 6.01. The number of amides is 3. The van der Waals surface area contributed by atoms with E-state index in [1.807, 2.05) is 6.07 Å². The largest absolute Gasteiger partial charge is 0.393 e. The predicted molar refractivity (Wildman–Crippen MR) is 84.9 cm³/mol. The standard InChI is InChI=1S/C16H13N3O3S/c1-18-15(22)19(13-11(9-17)7-8-23-13)14(21)16(18,10-20)12-5-3-2-4-6-12/h2-8,20H,10H2,1H3. The van der Waals surface area contributed by atoms with Crippen LogP contribution in [0.25, 0.3) is 0 Å². The topological polar surface area (TPSA) is 84.6 Å². The average Bonchev–Trinajstić information content (AvgIpc) is 3.11. The Hall–Kier alpha value is -2.69. The Morgan fingerprint density at radius 2 is 1.96 bits per heavy atom. The van der Waals surface area contributed by atoms with Crippen molar-refractivity contribution in [1.29, 1.82) is 5.26 Å². The number of nitriles is 1. The van der Waals surface area contributed by atoms with Gasteiger partial charge >= 0.3 is 6.03 Å². The van der Waals surface area contributed by atoms with Gasteiger partial charge in [0, 0.05) is 7.05 Å². The summed E-state index contributed by atoms with van der Waals surface area (Å²) in [6.07, 6.45) is 0. The number of benzene rings is 1. The van der Waals surface area contributed by atoms with Crippen LogP contribution in [0.2, 0.25) is 0 Å². The first-order valence-corrected chi connectivity index (χ1v) is 7.72. The molecule has 0 bridgehead atoms. The van der Waals surface area contributed by atoms with Crippen LogP contribution in [0.3, 0.4) is 0 Å². The molecule has 1 aliphatic heterocycles. The van der Waals surface area contributed by atoms with Crippen LogP contribution >= 0.6 is 11.3 Å². The maximum atomic E-state index is 13.0. The van der Waals surface area contributed by atoms with Gasteiger partial charge in [-0.1, -0.05) is 30.3 Å². The molecule has 1 aromatic heterocycles. The molecule has 3 amide bonds. The highest BCUT2D eigenvalue weighted by atomic mass is 32.1. The molecule has 1 fully saturated rings. The third kappa shape index (κ3) is 1.96. The zero-order valence-corrected chi connectivity index (χ0v) is 13.1. The Kier molecular flexibility index (Phi) is 3.64. The number of hydrogen-bond acceptors (Lipinski definition) is 5. The number of aliphatic hydroxyl groups is 1. The van der Waals surface area contributed by atoms with Gasteiger partial charge in [-0.2, -0.15) is 5.26 Å². The van der Waals surface area contributed by atoms with Crippen LogP contribution in [0.15, 0.2) is 41.8 Å². The number of hydrogen-bond donors (Lipinski definition) is 1. The molecule has 0 aliphatic carbocycles. The average molecular weight is 327 g/mol. The zero-order valence-electron chi connectivity index (χ0n) is 12.3. The van der Waals surface area contributed by atoms with Crippen molar-refractivity contribution in [3.05, 3.63) is 52.9 Å². The van der Waals surface area contributed by atoms with Crippen molar-refractivity contribution in [2.45, 2.75) is 5.54 Å². The molecule has 1 aliphatic rings. The monoisotopic (exact) mass is 327 g/mol. The lowest BCUT2D eigenvalue weighted by molar-refractivity contribution is -0.127. The highest BCUT2D eigenvalue weighted by Crippen LogP contribution is 2.41.